The summed E-state index contributed by atoms with van der Waals surface area (Å²) >= 11 is 3.43. The van der Waals surface area contributed by atoms with Gasteiger partial charge in [0.1, 0.15) is 11.3 Å². The first-order valence-electron chi connectivity index (χ1n) is 7.61. The van der Waals surface area contributed by atoms with Crippen LogP contribution in [0.4, 0.5) is 8.78 Å². The number of alkyl halides is 2. The first kappa shape index (κ1) is 15.4. The van der Waals surface area contributed by atoms with Crippen LogP contribution in [0.3, 0.4) is 0 Å². The highest BCUT2D eigenvalue weighted by molar-refractivity contribution is 9.10. The number of aromatic nitrogens is 2. The molecule has 1 aliphatic carbocycles. The summed E-state index contributed by atoms with van der Waals surface area (Å²) in [5.74, 6) is -0.284. The van der Waals surface area contributed by atoms with Crippen molar-refractivity contribution in [1.82, 2.24) is 9.38 Å². The third kappa shape index (κ3) is 2.45. The van der Waals surface area contributed by atoms with Crippen molar-refractivity contribution >= 4 is 27.4 Å². The maximum absolute atomic E-state index is 12.9. The van der Waals surface area contributed by atoms with Crippen molar-refractivity contribution in [1.29, 1.82) is 0 Å². The number of halogens is 3. The molecule has 2 heterocycles. The third-order valence-corrected chi connectivity index (χ3v) is 4.88. The Hall–Kier alpha value is -2.08. The lowest BCUT2D eigenvalue weighted by Crippen LogP contribution is -2.08. The number of nitrogens with zero attached hydrogens (tertiary/aromatic N) is 2. The molecule has 1 unspecified atom stereocenters. The number of imidazole rings is 1. The fraction of sp³-hybridized carbons (Fsp3) is 0.222. The Balaban J connectivity index is 1.90. The second-order valence-electron chi connectivity index (χ2n) is 5.90. The van der Waals surface area contributed by atoms with Crippen molar-refractivity contribution < 1.29 is 13.6 Å². The molecule has 0 aliphatic heterocycles. The van der Waals surface area contributed by atoms with Crippen LogP contribution in [0.25, 0.3) is 5.65 Å². The molecule has 0 amide bonds. The monoisotopic (exact) mass is 390 g/mol. The smallest absolute Gasteiger partial charge is 0.242 e. The van der Waals surface area contributed by atoms with Gasteiger partial charge in [-0.25, -0.2) is 13.8 Å². The molecular weight excluding hydrogens is 378 g/mol. The molecule has 1 aliphatic rings. The van der Waals surface area contributed by atoms with E-state index in [4.69, 9.17) is 0 Å². The lowest BCUT2D eigenvalue weighted by atomic mass is 9.91. The molecule has 0 bridgehead atoms. The molecule has 3 aromatic rings. The predicted octanol–water partition coefficient (Wildman–Crippen LogP) is 4.62. The van der Waals surface area contributed by atoms with Gasteiger partial charge in [0, 0.05) is 29.4 Å². The highest BCUT2D eigenvalue weighted by Gasteiger charge is 2.36. The van der Waals surface area contributed by atoms with Gasteiger partial charge in [-0.3, -0.25) is 4.79 Å². The largest absolute Gasteiger partial charge is 0.302 e. The second-order valence-corrected chi connectivity index (χ2v) is 6.81. The maximum atomic E-state index is 12.9. The molecule has 0 fully saturated rings. The highest BCUT2D eigenvalue weighted by atomic mass is 79.9. The van der Waals surface area contributed by atoms with E-state index in [1.54, 1.807) is 12.1 Å². The van der Waals surface area contributed by atoms with Gasteiger partial charge in [0.25, 0.3) is 0 Å². The van der Waals surface area contributed by atoms with E-state index in [1.165, 1.54) is 0 Å². The molecule has 1 aromatic carbocycles. The number of hydrogen-bond acceptors (Lipinski definition) is 2. The van der Waals surface area contributed by atoms with E-state index in [-0.39, 0.29) is 24.5 Å². The summed E-state index contributed by atoms with van der Waals surface area (Å²) < 4.78 is 28.6. The van der Waals surface area contributed by atoms with E-state index in [9.17, 15) is 13.6 Å². The van der Waals surface area contributed by atoms with Crippen molar-refractivity contribution in [3.8, 4) is 0 Å². The second kappa shape index (κ2) is 5.77. The molecule has 0 radical (unpaired) electrons. The summed E-state index contributed by atoms with van der Waals surface area (Å²) in [6.45, 7) is 0. The Morgan fingerprint density at radius 3 is 2.83 bits per heavy atom. The van der Waals surface area contributed by atoms with Gasteiger partial charge in [-0.15, -0.1) is 0 Å². The summed E-state index contributed by atoms with van der Waals surface area (Å²) in [6.07, 6.45) is -0.592. The van der Waals surface area contributed by atoms with Gasteiger partial charge >= 0.3 is 0 Å². The fourth-order valence-electron chi connectivity index (χ4n) is 3.44. The lowest BCUT2D eigenvalue weighted by molar-refractivity contribution is 0.0987. The average Bonchev–Trinajstić information content (AvgIpc) is 3.05. The number of carbonyl (C=O) groups excluding carboxylic acids is 1. The zero-order chi connectivity index (χ0) is 16.8. The zero-order valence-corrected chi connectivity index (χ0v) is 14.1. The molecule has 3 nitrogen and oxygen atoms in total. The number of Topliss-reactive ketones (excluding diaryl/α,β-unsaturated/α-hetero) is 1. The maximum Gasteiger partial charge on any atom is 0.242 e. The summed E-state index contributed by atoms with van der Waals surface area (Å²) in [6, 6.07) is 10.8. The summed E-state index contributed by atoms with van der Waals surface area (Å²) in [4.78, 5) is 16.8. The Bertz CT molecular complexity index is 951. The van der Waals surface area contributed by atoms with E-state index in [2.05, 4.69) is 20.9 Å². The Morgan fingerprint density at radius 1 is 1.25 bits per heavy atom. The molecule has 6 heteroatoms. The molecule has 0 N–H and O–H groups in total. The molecule has 0 spiro atoms. The van der Waals surface area contributed by atoms with Crippen LogP contribution in [0, 0.1) is 0 Å². The number of benzene rings is 1. The van der Waals surface area contributed by atoms with E-state index >= 15 is 0 Å². The van der Waals surface area contributed by atoms with Gasteiger partial charge < -0.3 is 4.40 Å². The standard InChI is InChI=1S/C18H13BrF2N2O/c19-11-5-6-16-22-17-14(24)8-13(18(17)23(16)9-11)12-4-2-1-3-10(12)7-15(20)21/h1-6,9,13,15H,7-8H2. The summed E-state index contributed by atoms with van der Waals surface area (Å²) in [7, 11) is 0. The van der Waals surface area contributed by atoms with Crippen LogP contribution in [0.5, 0.6) is 0 Å². The quantitative estimate of drug-likeness (QED) is 0.653. The molecule has 1 atom stereocenters. The van der Waals surface area contributed by atoms with Gasteiger partial charge in [0.05, 0.1) is 5.69 Å². The van der Waals surface area contributed by atoms with Gasteiger partial charge in [-0.1, -0.05) is 24.3 Å². The van der Waals surface area contributed by atoms with Crippen LogP contribution in [0.1, 0.15) is 39.6 Å². The number of pyridine rings is 1. The zero-order valence-electron chi connectivity index (χ0n) is 12.5. The minimum Gasteiger partial charge on any atom is -0.302 e. The summed E-state index contributed by atoms with van der Waals surface area (Å²) in [5, 5.41) is 0. The fourth-order valence-corrected chi connectivity index (χ4v) is 3.77. The number of hydrogen-bond donors (Lipinski definition) is 0. The Morgan fingerprint density at radius 2 is 2.04 bits per heavy atom. The molecule has 2 aromatic heterocycles. The topological polar surface area (TPSA) is 34.4 Å². The minimum atomic E-state index is -2.42. The van der Waals surface area contributed by atoms with Gasteiger partial charge in [-0.2, -0.15) is 0 Å². The van der Waals surface area contributed by atoms with Crippen LogP contribution >= 0.6 is 15.9 Å². The molecule has 24 heavy (non-hydrogen) atoms. The normalized spacial score (nSPS) is 17.0. The predicted molar refractivity (Wildman–Crippen MR) is 89.8 cm³/mol. The lowest BCUT2D eigenvalue weighted by Gasteiger charge is -2.16. The molecule has 4 rings (SSSR count). The van der Waals surface area contributed by atoms with Crippen LogP contribution in [0.2, 0.25) is 0 Å². The van der Waals surface area contributed by atoms with E-state index in [0.29, 0.717) is 16.9 Å². The van der Waals surface area contributed by atoms with Crippen LogP contribution in [-0.4, -0.2) is 21.6 Å². The Kier molecular flexibility index (Phi) is 3.72. The van der Waals surface area contributed by atoms with Crippen LogP contribution < -0.4 is 0 Å². The van der Waals surface area contributed by atoms with Crippen molar-refractivity contribution in [2.45, 2.75) is 25.2 Å². The van der Waals surface area contributed by atoms with Crippen LogP contribution in [0.15, 0.2) is 47.1 Å². The number of ketones is 1. The van der Waals surface area contributed by atoms with Gasteiger partial charge in [0.15, 0.2) is 5.78 Å². The number of fused-ring (bicyclic) bond motifs is 3. The highest BCUT2D eigenvalue weighted by Crippen LogP contribution is 2.40. The van der Waals surface area contributed by atoms with Gasteiger partial charge in [0.2, 0.25) is 6.43 Å². The average molecular weight is 391 g/mol. The van der Waals surface area contributed by atoms with Crippen molar-refractivity contribution in [3.63, 3.8) is 0 Å². The summed E-state index contributed by atoms with van der Waals surface area (Å²) in [5.41, 5.74) is 3.30. The molecule has 0 saturated carbocycles. The number of carbonyl (C=O) groups is 1. The van der Waals surface area contributed by atoms with E-state index in [1.807, 2.05) is 34.9 Å². The van der Waals surface area contributed by atoms with E-state index in [0.717, 1.165) is 15.7 Å². The molecular formula is C18H13BrF2N2O. The van der Waals surface area contributed by atoms with Crippen molar-refractivity contribution in [2.24, 2.45) is 0 Å². The SMILES string of the molecule is O=C1CC(c2ccccc2CC(F)F)c2c1nc1ccc(Br)cn21. The number of rotatable bonds is 3. The minimum absolute atomic E-state index is 0.0401. The first-order valence-corrected chi connectivity index (χ1v) is 8.40. The molecule has 122 valence electrons. The third-order valence-electron chi connectivity index (χ3n) is 4.41. The van der Waals surface area contributed by atoms with Crippen LogP contribution in [-0.2, 0) is 6.42 Å². The van der Waals surface area contributed by atoms with E-state index < -0.39 is 6.43 Å². The van der Waals surface area contributed by atoms with Crippen molar-refractivity contribution in [3.05, 3.63) is 69.6 Å². The van der Waals surface area contributed by atoms with Gasteiger partial charge in [-0.05, 0) is 39.2 Å². The first-order chi connectivity index (χ1) is 11.5. The van der Waals surface area contributed by atoms with Crippen molar-refractivity contribution in [2.75, 3.05) is 0 Å². The Labute approximate surface area is 145 Å². The molecule has 0 saturated heterocycles.